The van der Waals surface area contributed by atoms with Gasteiger partial charge in [0.2, 0.25) is 0 Å². The van der Waals surface area contributed by atoms with E-state index in [1.807, 2.05) is 5.38 Å². The van der Waals surface area contributed by atoms with Gasteiger partial charge in [-0.2, -0.15) is 0 Å². The van der Waals surface area contributed by atoms with Gasteiger partial charge in [-0.05, 0) is 44.4 Å². The molecule has 0 spiro atoms. The average molecular weight is 446 g/mol. The molecular formula is C16H16FIN2O2S. The number of hydrogen-bond acceptors (Lipinski definition) is 4. The summed E-state index contributed by atoms with van der Waals surface area (Å²) in [6, 6.07) is 4.36. The third-order valence-electron chi connectivity index (χ3n) is 4.05. The van der Waals surface area contributed by atoms with Crippen LogP contribution in [0.2, 0.25) is 0 Å². The molecule has 2 atom stereocenters. The molecule has 7 heteroatoms. The molecule has 2 heterocycles. The zero-order chi connectivity index (χ0) is 16.6. The molecule has 0 unspecified atom stereocenters. The van der Waals surface area contributed by atoms with Gasteiger partial charge in [0.15, 0.2) is 5.13 Å². The van der Waals surface area contributed by atoms with Crippen LogP contribution in [0, 0.1) is 5.82 Å². The lowest BCUT2D eigenvalue weighted by atomic mass is 10.0. The fourth-order valence-corrected chi connectivity index (χ4v) is 5.23. The van der Waals surface area contributed by atoms with Gasteiger partial charge < -0.3 is 10.0 Å². The van der Waals surface area contributed by atoms with Gasteiger partial charge in [-0.25, -0.2) is 14.2 Å². The molecule has 4 nitrogen and oxygen atoms in total. The summed E-state index contributed by atoms with van der Waals surface area (Å²) in [5, 5.41) is 11.6. The average Bonchev–Trinajstić information content (AvgIpc) is 2.96. The van der Waals surface area contributed by atoms with E-state index in [1.165, 1.54) is 29.9 Å². The molecule has 1 fully saturated rings. The third kappa shape index (κ3) is 3.35. The number of thiazole rings is 1. The first-order valence-corrected chi connectivity index (χ1v) is 9.51. The van der Waals surface area contributed by atoms with Gasteiger partial charge in [-0.3, -0.25) is 0 Å². The lowest BCUT2D eigenvalue weighted by molar-refractivity contribution is 0.0696. The summed E-state index contributed by atoms with van der Waals surface area (Å²) in [5.74, 6) is -1.69. The van der Waals surface area contributed by atoms with Crippen LogP contribution in [0.15, 0.2) is 23.6 Å². The van der Waals surface area contributed by atoms with Gasteiger partial charge in [-0.1, -0.05) is 22.6 Å². The van der Waals surface area contributed by atoms with Crippen molar-refractivity contribution < 1.29 is 14.3 Å². The van der Waals surface area contributed by atoms with Crippen LogP contribution in [0.5, 0.6) is 0 Å². The Balaban J connectivity index is 1.91. The normalized spacial score (nSPS) is 21.4. The minimum atomic E-state index is -1.13. The summed E-state index contributed by atoms with van der Waals surface area (Å²) in [7, 11) is 0. The maximum absolute atomic E-state index is 14.2. The smallest absolute Gasteiger partial charge is 0.335 e. The lowest BCUT2D eigenvalue weighted by Gasteiger charge is -2.37. The summed E-state index contributed by atoms with van der Waals surface area (Å²) in [5.41, 5.74) is 0.840. The van der Waals surface area contributed by atoms with Gasteiger partial charge in [0, 0.05) is 17.0 Å². The summed E-state index contributed by atoms with van der Waals surface area (Å²) in [6.45, 7) is 2.19. The molecule has 2 aromatic rings. The van der Waals surface area contributed by atoms with Crippen molar-refractivity contribution in [3.63, 3.8) is 0 Å². The van der Waals surface area contributed by atoms with Crippen molar-refractivity contribution in [3.05, 3.63) is 35.0 Å². The van der Waals surface area contributed by atoms with Crippen molar-refractivity contribution in [2.75, 3.05) is 4.90 Å². The molecule has 0 radical (unpaired) electrons. The van der Waals surface area contributed by atoms with E-state index in [1.54, 1.807) is 0 Å². The number of aromatic carboxylic acids is 1. The van der Waals surface area contributed by atoms with Gasteiger partial charge in [0.05, 0.1) is 15.3 Å². The number of carboxylic acid groups (broad SMARTS) is 1. The molecule has 3 rings (SSSR count). The van der Waals surface area contributed by atoms with E-state index in [0.717, 1.165) is 24.0 Å². The van der Waals surface area contributed by atoms with Crippen molar-refractivity contribution in [2.24, 2.45) is 0 Å². The van der Waals surface area contributed by atoms with Gasteiger partial charge >= 0.3 is 5.97 Å². The van der Waals surface area contributed by atoms with Crippen LogP contribution in [0.1, 0.15) is 36.5 Å². The molecule has 1 saturated heterocycles. The lowest BCUT2D eigenvalue weighted by Crippen LogP contribution is -2.42. The van der Waals surface area contributed by atoms with E-state index in [0.29, 0.717) is 21.3 Å². The number of piperidine rings is 1. The monoisotopic (exact) mass is 446 g/mol. The highest BCUT2D eigenvalue weighted by Gasteiger charge is 2.28. The molecule has 122 valence electrons. The summed E-state index contributed by atoms with van der Waals surface area (Å²) >= 11 is 3.94. The summed E-state index contributed by atoms with van der Waals surface area (Å²) in [6.07, 6.45) is 3.48. The minimum Gasteiger partial charge on any atom is -0.478 e. The van der Waals surface area contributed by atoms with Crippen LogP contribution >= 0.6 is 33.9 Å². The first kappa shape index (κ1) is 16.6. The summed E-state index contributed by atoms with van der Waals surface area (Å²) < 4.78 is 14.6. The van der Waals surface area contributed by atoms with Crippen LogP contribution in [0.25, 0.3) is 11.3 Å². The van der Waals surface area contributed by atoms with Gasteiger partial charge in [0.1, 0.15) is 5.82 Å². The van der Waals surface area contributed by atoms with Crippen molar-refractivity contribution in [2.45, 2.75) is 36.3 Å². The van der Waals surface area contributed by atoms with Crippen molar-refractivity contribution in [1.29, 1.82) is 0 Å². The van der Waals surface area contributed by atoms with E-state index in [-0.39, 0.29) is 5.56 Å². The second-order valence-corrected chi connectivity index (χ2v) is 7.91. The van der Waals surface area contributed by atoms with E-state index in [9.17, 15) is 9.18 Å². The van der Waals surface area contributed by atoms with Crippen LogP contribution in [0.3, 0.4) is 0 Å². The Morgan fingerprint density at radius 3 is 2.91 bits per heavy atom. The van der Waals surface area contributed by atoms with E-state index in [2.05, 4.69) is 39.4 Å². The molecule has 1 aliphatic rings. The molecule has 0 bridgehead atoms. The number of anilines is 1. The Labute approximate surface area is 151 Å². The molecule has 1 aliphatic heterocycles. The Morgan fingerprint density at radius 1 is 1.48 bits per heavy atom. The molecule has 0 amide bonds. The molecule has 0 aliphatic carbocycles. The number of halogens is 2. The van der Waals surface area contributed by atoms with Crippen LogP contribution in [-0.2, 0) is 0 Å². The van der Waals surface area contributed by atoms with Gasteiger partial charge in [-0.15, -0.1) is 11.3 Å². The predicted octanol–water partition coefficient (Wildman–Crippen LogP) is 4.79. The number of benzene rings is 1. The number of alkyl halides is 1. The summed E-state index contributed by atoms with van der Waals surface area (Å²) in [4.78, 5) is 17.8. The van der Waals surface area contributed by atoms with Crippen LogP contribution < -0.4 is 4.90 Å². The Hall–Kier alpha value is -1.22. The molecule has 23 heavy (non-hydrogen) atoms. The molecular weight excluding hydrogens is 430 g/mol. The van der Waals surface area contributed by atoms with Crippen molar-refractivity contribution >= 4 is 45.0 Å². The number of rotatable bonds is 3. The van der Waals surface area contributed by atoms with Crippen molar-refractivity contribution in [1.82, 2.24) is 4.98 Å². The number of hydrogen-bond donors (Lipinski definition) is 1. The number of carbonyl (C=O) groups is 1. The zero-order valence-electron chi connectivity index (χ0n) is 12.5. The Bertz CT molecular complexity index is 727. The maximum atomic E-state index is 14.2. The molecule has 1 aromatic carbocycles. The zero-order valence-corrected chi connectivity index (χ0v) is 15.5. The highest BCUT2D eigenvalue weighted by atomic mass is 127. The van der Waals surface area contributed by atoms with E-state index >= 15 is 0 Å². The largest absolute Gasteiger partial charge is 0.478 e. The SMILES string of the molecule is C[C@@H]1CCC[C@@H](I)N1c1nc(-c2ccc(C(=O)O)cc2F)cs1. The maximum Gasteiger partial charge on any atom is 0.335 e. The standard InChI is InChI=1S/C16H16FIN2O2S/c1-9-3-2-4-14(18)20(9)16-19-13(8-23-16)11-6-5-10(15(21)22)7-12(11)17/h5-9,14H,2-4H2,1H3,(H,21,22)/t9-,14+/m1/s1. The molecule has 1 aromatic heterocycles. The van der Waals surface area contributed by atoms with Gasteiger partial charge in [0.25, 0.3) is 0 Å². The highest BCUT2D eigenvalue weighted by Crippen LogP contribution is 2.36. The van der Waals surface area contributed by atoms with Crippen LogP contribution in [0.4, 0.5) is 9.52 Å². The van der Waals surface area contributed by atoms with E-state index < -0.39 is 11.8 Å². The second kappa shape index (κ2) is 6.72. The Kier molecular flexibility index (Phi) is 4.86. The van der Waals surface area contributed by atoms with E-state index in [4.69, 9.17) is 5.11 Å². The molecule has 0 saturated carbocycles. The van der Waals surface area contributed by atoms with Crippen LogP contribution in [-0.4, -0.2) is 26.2 Å². The van der Waals surface area contributed by atoms with Crippen molar-refractivity contribution in [3.8, 4) is 11.3 Å². The number of carboxylic acids is 1. The third-order valence-corrected chi connectivity index (χ3v) is 6.12. The fourth-order valence-electron chi connectivity index (χ4n) is 2.81. The highest BCUT2D eigenvalue weighted by molar-refractivity contribution is 14.1. The fraction of sp³-hybridized carbons (Fsp3) is 0.375. The number of aromatic nitrogens is 1. The number of nitrogens with zero attached hydrogens (tertiary/aromatic N) is 2. The quantitative estimate of drug-likeness (QED) is 0.419. The predicted molar refractivity (Wildman–Crippen MR) is 98.1 cm³/mol. The topological polar surface area (TPSA) is 53.4 Å². The minimum absolute atomic E-state index is 0.0568. The second-order valence-electron chi connectivity index (χ2n) is 5.64. The molecule has 1 N–H and O–H groups in total. The Morgan fingerprint density at radius 2 is 2.26 bits per heavy atom. The first-order chi connectivity index (χ1) is 11.0. The first-order valence-electron chi connectivity index (χ1n) is 7.38.